The molecule has 0 fully saturated rings. The van der Waals surface area contributed by atoms with Crippen molar-refractivity contribution in [3.05, 3.63) is 25.6 Å². The molecule has 0 aliphatic carbocycles. The zero-order valence-electron chi connectivity index (χ0n) is 9.32. The van der Waals surface area contributed by atoms with Crippen molar-refractivity contribution in [2.45, 2.75) is 19.9 Å². The molecule has 1 heterocycles. The van der Waals surface area contributed by atoms with Crippen LogP contribution in [0.1, 0.15) is 13.3 Å². The third kappa shape index (κ3) is 2.77. The van der Waals surface area contributed by atoms with E-state index in [1.807, 2.05) is 6.92 Å². The Balaban J connectivity index is 3.12. The average molecular weight is 236 g/mol. The molecule has 0 amide bonds. The summed E-state index contributed by atoms with van der Waals surface area (Å²) in [5.74, 6) is 0.354. The van der Waals surface area contributed by atoms with Gasteiger partial charge in [-0.3, -0.25) is 0 Å². The van der Waals surface area contributed by atoms with Gasteiger partial charge >= 0.3 is 99.5 Å². The Morgan fingerprint density at radius 1 is 1.69 bits per heavy atom. The van der Waals surface area contributed by atoms with Crippen LogP contribution in [-0.4, -0.2) is 23.6 Å². The van der Waals surface area contributed by atoms with Gasteiger partial charge in [0.15, 0.2) is 0 Å². The average Bonchev–Trinajstić information content (AvgIpc) is 2.25. The van der Waals surface area contributed by atoms with Gasteiger partial charge in [-0.15, -0.1) is 0 Å². The first kappa shape index (κ1) is 13.1. The van der Waals surface area contributed by atoms with Crippen LogP contribution >= 0.6 is 12.2 Å². The van der Waals surface area contributed by atoms with Crippen molar-refractivity contribution < 1.29 is 0 Å². The maximum atomic E-state index is 11.8. The molecule has 0 aliphatic heterocycles. The molecule has 1 aromatic heterocycles. The molecular formula is C10H15BN3OS. The summed E-state index contributed by atoms with van der Waals surface area (Å²) in [4.78, 5) is 14.6. The van der Waals surface area contributed by atoms with Gasteiger partial charge in [-0.05, 0) is 0 Å². The van der Waals surface area contributed by atoms with Crippen LogP contribution in [0, 0.1) is 15.9 Å². The van der Waals surface area contributed by atoms with E-state index in [1.54, 1.807) is 0 Å². The Morgan fingerprint density at radius 3 is 2.88 bits per heavy atom. The minimum atomic E-state index is -0.231. The molecule has 0 spiro atoms. The molecule has 0 bridgehead atoms. The Kier molecular flexibility index (Phi) is 4.38. The molecule has 0 aromatic carbocycles. The van der Waals surface area contributed by atoms with Gasteiger partial charge in [0.2, 0.25) is 0 Å². The Labute approximate surface area is 99.9 Å². The summed E-state index contributed by atoms with van der Waals surface area (Å²) in [7, 11) is 5.55. The van der Waals surface area contributed by atoms with Gasteiger partial charge in [-0.2, -0.15) is 0 Å². The molecule has 0 saturated carbocycles. The molecule has 1 aromatic rings. The van der Waals surface area contributed by atoms with Crippen LogP contribution in [0.5, 0.6) is 0 Å². The third-order valence-corrected chi connectivity index (χ3v) is 2.89. The number of H-pyrrole nitrogens is 1. The molecule has 6 heteroatoms. The fraction of sp³-hybridized carbons (Fsp3) is 0.500. The fourth-order valence-electron chi connectivity index (χ4n) is 1.30. The molecule has 3 N–H and O–H groups in total. The molecule has 1 radical (unpaired) electrons. The van der Waals surface area contributed by atoms with Crippen molar-refractivity contribution in [3.8, 4) is 0 Å². The van der Waals surface area contributed by atoms with E-state index in [9.17, 15) is 4.79 Å². The second-order valence-electron chi connectivity index (χ2n) is 3.91. The van der Waals surface area contributed by atoms with Crippen molar-refractivity contribution in [2.75, 3.05) is 6.54 Å². The van der Waals surface area contributed by atoms with Gasteiger partial charge in [-0.25, -0.2) is 0 Å². The van der Waals surface area contributed by atoms with E-state index in [1.165, 1.54) is 4.57 Å². The first-order valence-electron chi connectivity index (χ1n) is 5.12. The molecule has 1 unspecified atom stereocenters. The summed E-state index contributed by atoms with van der Waals surface area (Å²) >= 11 is 5.04. The van der Waals surface area contributed by atoms with Gasteiger partial charge in [0.25, 0.3) is 0 Å². The summed E-state index contributed by atoms with van der Waals surface area (Å²) in [6.07, 6.45) is 0.803. The first-order chi connectivity index (χ1) is 7.47. The van der Waals surface area contributed by atoms with Crippen LogP contribution in [0.3, 0.4) is 0 Å². The normalized spacial score (nSPS) is 12.6. The SMILES string of the molecule is [B]=c1[nH]c(=S)n(CCC(C)CN)c(=O)c1=C. The van der Waals surface area contributed by atoms with Crippen LogP contribution in [0.4, 0.5) is 0 Å². The maximum absolute atomic E-state index is 11.8. The van der Waals surface area contributed by atoms with Gasteiger partial charge in [0.05, 0.1) is 0 Å². The summed E-state index contributed by atoms with van der Waals surface area (Å²) in [6.45, 7) is 6.77. The number of aromatic amines is 1. The van der Waals surface area contributed by atoms with E-state index in [0.717, 1.165) is 6.42 Å². The molecule has 85 valence electrons. The number of hydrogen-bond donors (Lipinski definition) is 2. The topological polar surface area (TPSA) is 63.8 Å². The first-order valence-corrected chi connectivity index (χ1v) is 5.52. The zero-order valence-corrected chi connectivity index (χ0v) is 10.1. The van der Waals surface area contributed by atoms with Crippen LogP contribution in [0.25, 0.3) is 6.58 Å². The van der Waals surface area contributed by atoms with Crippen molar-refractivity contribution >= 4 is 26.3 Å². The zero-order chi connectivity index (χ0) is 12.3. The monoisotopic (exact) mass is 236 g/mol. The Hall–Kier alpha value is -1.01. The summed E-state index contributed by atoms with van der Waals surface area (Å²) in [5.41, 5.74) is 5.28. The van der Waals surface area contributed by atoms with E-state index >= 15 is 0 Å². The fourth-order valence-corrected chi connectivity index (χ4v) is 1.58. The van der Waals surface area contributed by atoms with Gasteiger partial charge in [-0.1, -0.05) is 0 Å². The number of aromatic nitrogens is 2. The van der Waals surface area contributed by atoms with Gasteiger partial charge < -0.3 is 0 Å². The van der Waals surface area contributed by atoms with Crippen LogP contribution < -0.4 is 16.5 Å². The van der Waals surface area contributed by atoms with Crippen molar-refractivity contribution in [1.82, 2.24) is 9.55 Å². The number of nitrogens with two attached hydrogens (primary N) is 1. The summed E-state index contributed by atoms with van der Waals surface area (Å²) < 4.78 is 1.80. The predicted molar refractivity (Wildman–Crippen MR) is 68.5 cm³/mol. The van der Waals surface area contributed by atoms with Crippen molar-refractivity contribution in [2.24, 2.45) is 11.7 Å². The number of nitrogens with zero attached hydrogens (tertiary/aromatic N) is 1. The number of nitrogens with one attached hydrogen (secondary N) is 1. The van der Waals surface area contributed by atoms with Crippen LogP contribution in [0.2, 0.25) is 0 Å². The van der Waals surface area contributed by atoms with Crippen molar-refractivity contribution in [3.63, 3.8) is 0 Å². The molecule has 16 heavy (non-hydrogen) atoms. The third-order valence-electron chi connectivity index (χ3n) is 2.56. The molecular weight excluding hydrogens is 221 g/mol. The van der Waals surface area contributed by atoms with E-state index in [0.29, 0.717) is 23.8 Å². The van der Waals surface area contributed by atoms with Crippen molar-refractivity contribution in [1.29, 1.82) is 0 Å². The van der Waals surface area contributed by atoms with Crippen LogP contribution in [-0.2, 0) is 6.54 Å². The Morgan fingerprint density at radius 2 is 2.31 bits per heavy atom. The van der Waals surface area contributed by atoms with E-state index in [2.05, 4.69) is 11.6 Å². The number of hydrogen-bond acceptors (Lipinski definition) is 3. The predicted octanol–water partition coefficient (Wildman–Crippen LogP) is -0.280. The molecule has 1 atom stereocenters. The number of rotatable bonds is 4. The van der Waals surface area contributed by atoms with E-state index < -0.39 is 0 Å². The molecule has 4 nitrogen and oxygen atoms in total. The van der Waals surface area contributed by atoms with Crippen LogP contribution in [0.15, 0.2) is 4.79 Å². The summed E-state index contributed by atoms with van der Waals surface area (Å²) in [5, 5.41) is 0.493. The second-order valence-corrected chi connectivity index (χ2v) is 4.30. The standard InChI is InChI=1S/C10H15BN3OS/c1-6(5-12)3-4-14-9(15)7(2)8(11)13-10(14)16/h6H,2-5,12H2,1H3,(H,13,16). The van der Waals surface area contributed by atoms with E-state index in [4.69, 9.17) is 25.4 Å². The van der Waals surface area contributed by atoms with Gasteiger partial charge in [0.1, 0.15) is 0 Å². The Bertz CT molecular complexity index is 577. The summed E-state index contributed by atoms with van der Waals surface area (Å²) in [6, 6.07) is 0. The van der Waals surface area contributed by atoms with E-state index in [-0.39, 0.29) is 16.0 Å². The quantitative estimate of drug-likeness (QED) is 0.558. The molecule has 0 saturated heterocycles. The second kappa shape index (κ2) is 5.36. The molecule has 1 rings (SSSR count). The minimum absolute atomic E-state index is 0.231. The molecule has 0 aliphatic rings. The van der Waals surface area contributed by atoms with Gasteiger partial charge in [0, 0.05) is 0 Å².